The number of benzene rings is 3. The summed E-state index contributed by atoms with van der Waals surface area (Å²) in [6.45, 7) is 16.0. The van der Waals surface area contributed by atoms with Crippen molar-refractivity contribution in [1.29, 1.82) is 5.41 Å². The Morgan fingerprint density at radius 1 is 0.770 bits per heavy atom. The maximum Gasteiger partial charge on any atom is 0.373 e. The first-order valence-electron chi connectivity index (χ1n) is 20.1. The van der Waals surface area contributed by atoms with E-state index < -0.39 is 75.6 Å². The summed E-state index contributed by atoms with van der Waals surface area (Å²) in [6.07, 6.45) is -8.40. The summed E-state index contributed by atoms with van der Waals surface area (Å²) in [5.41, 5.74) is 12.8. The van der Waals surface area contributed by atoms with Crippen LogP contribution >= 0.6 is 0 Å². The number of esters is 1. The van der Waals surface area contributed by atoms with E-state index in [2.05, 4.69) is 43.9 Å². The number of nitrogens with one attached hydrogen (secondary N) is 1. The zero-order valence-electron chi connectivity index (χ0n) is 36.0. The number of hydrogen-bond donors (Lipinski definition) is 1. The molecule has 17 heteroatoms. The van der Waals surface area contributed by atoms with Crippen molar-refractivity contribution in [3.63, 3.8) is 0 Å². The molecule has 330 valence electrons. The van der Waals surface area contributed by atoms with Crippen LogP contribution in [0.15, 0.2) is 96.1 Å². The van der Waals surface area contributed by atoms with Crippen LogP contribution in [-0.2, 0) is 76.5 Å². The Morgan fingerprint density at radius 2 is 1.28 bits per heavy atom. The van der Waals surface area contributed by atoms with Crippen molar-refractivity contribution in [3.8, 4) is 0 Å². The number of rotatable bonds is 17. The summed E-state index contributed by atoms with van der Waals surface area (Å²) >= 11 is 0. The standard InChI is InChI=1S/C43H58N4O10Si.CO2/c1-28-36(39(51-26-33-22-16-11-17-23-33)40(54-30(3)48)42(52-28)53-29(2)44)56-41-35(46-47-45)38(50-25-32-20-14-10-15-21-32)37(57-58(7,8)43(4,5)6)34(55-41)27-49-24-31-18-12-9-13-19-31;2-1-3/h9-23,28,34-42,44H,24-27H2,1-8H3;/t28?,34?,35-,36+,37-,38?,39?,40-,41-,42-;/m0./s1. The van der Waals surface area contributed by atoms with Crippen LogP contribution in [0.1, 0.15) is 58.2 Å². The molecule has 2 heterocycles. The molecule has 3 aromatic rings. The number of ether oxygens (including phenoxy) is 8. The molecule has 2 aliphatic heterocycles. The molecule has 0 aliphatic carbocycles. The molecular weight excluding hydrogens is 805 g/mol. The Hall–Kier alpha value is -4.77. The largest absolute Gasteiger partial charge is 0.453 e. The van der Waals surface area contributed by atoms with Gasteiger partial charge in [0, 0.05) is 18.8 Å². The van der Waals surface area contributed by atoms with Crippen molar-refractivity contribution >= 4 is 26.3 Å². The van der Waals surface area contributed by atoms with Crippen molar-refractivity contribution in [2.75, 3.05) is 6.61 Å². The van der Waals surface area contributed by atoms with Gasteiger partial charge in [0.05, 0.1) is 38.6 Å². The molecule has 3 aromatic carbocycles. The highest BCUT2D eigenvalue weighted by molar-refractivity contribution is 6.74. The van der Waals surface area contributed by atoms with Crippen molar-refractivity contribution in [1.82, 2.24) is 0 Å². The molecule has 0 radical (unpaired) electrons. The van der Waals surface area contributed by atoms with Gasteiger partial charge in [-0.2, -0.15) is 9.59 Å². The van der Waals surface area contributed by atoms with Gasteiger partial charge >= 0.3 is 12.1 Å². The van der Waals surface area contributed by atoms with Crippen molar-refractivity contribution in [2.45, 2.75) is 141 Å². The van der Waals surface area contributed by atoms with E-state index >= 15 is 0 Å². The van der Waals surface area contributed by atoms with Crippen molar-refractivity contribution in [3.05, 3.63) is 118 Å². The molecule has 0 bridgehead atoms. The zero-order chi connectivity index (χ0) is 44.6. The topological polar surface area (TPSA) is 207 Å². The lowest BCUT2D eigenvalue weighted by molar-refractivity contribution is -0.340. The van der Waals surface area contributed by atoms with Gasteiger partial charge in [-0.1, -0.05) is 117 Å². The monoisotopic (exact) mass is 862 g/mol. The summed E-state index contributed by atoms with van der Waals surface area (Å²) in [5, 5.41) is 12.1. The van der Waals surface area contributed by atoms with E-state index in [1.54, 1.807) is 6.92 Å². The lowest BCUT2D eigenvalue weighted by Gasteiger charge is -2.51. The molecule has 4 unspecified atom stereocenters. The molecule has 0 saturated carbocycles. The summed E-state index contributed by atoms with van der Waals surface area (Å²) in [6, 6.07) is 28.0. The van der Waals surface area contributed by atoms with E-state index in [1.807, 2.05) is 91.0 Å². The summed E-state index contributed by atoms with van der Waals surface area (Å²) in [7, 11) is -2.53. The Balaban J connectivity index is 0.00000265. The number of hydrogen-bond acceptors (Lipinski definition) is 14. The SMILES string of the molecule is CC(=N)O[C@@H]1OC(C)[C@@H](O[C@@H]2OC(COCc3ccccc3)[C@H](O[Si](C)(C)C(C)(C)C)C(OCc3ccccc3)[C@@H]2N=[N+]=[N-])C(OCc2ccccc2)[C@@H]1OC(C)=O.O=C=O. The molecule has 1 N–H and O–H groups in total. The Kier molecular flexibility index (Phi) is 18.8. The third-order valence-electron chi connectivity index (χ3n) is 10.6. The number of azide groups is 1. The maximum atomic E-state index is 12.6. The van der Waals surface area contributed by atoms with Crippen LogP contribution in [0.3, 0.4) is 0 Å². The van der Waals surface area contributed by atoms with E-state index in [-0.39, 0.29) is 36.9 Å². The Labute approximate surface area is 358 Å². The molecule has 5 rings (SSSR count). The molecule has 0 aromatic heterocycles. The normalized spacial score (nSPS) is 26.4. The fourth-order valence-electron chi connectivity index (χ4n) is 6.66. The molecule has 0 amide bonds. The fourth-order valence-corrected chi connectivity index (χ4v) is 7.98. The van der Waals surface area contributed by atoms with E-state index in [1.165, 1.54) is 13.8 Å². The van der Waals surface area contributed by atoms with Crippen LogP contribution in [-0.4, -0.2) is 94.3 Å². The third-order valence-corrected chi connectivity index (χ3v) is 15.1. The van der Waals surface area contributed by atoms with Crippen LogP contribution in [0.5, 0.6) is 0 Å². The highest BCUT2D eigenvalue weighted by Gasteiger charge is 2.55. The zero-order valence-corrected chi connectivity index (χ0v) is 37.0. The second-order valence-corrected chi connectivity index (χ2v) is 21.0. The lowest BCUT2D eigenvalue weighted by atomic mass is 9.95. The molecule has 10 atom stereocenters. The second kappa shape index (κ2) is 23.4. The molecular formula is C44H58N4O12Si. The third kappa shape index (κ3) is 14.4. The minimum absolute atomic E-state index is 0.0947. The summed E-state index contributed by atoms with van der Waals surface area (Å²) in [4.78, 5) is 32.1. The Bertz CT molecular complexity index is 1890. The van der Waals surface area contributed by atoms with Crippen LogP contribution in [0.25, 0.3) is 10.4 Å². The first-order chi connectivity index (χ1) is 29.1. The van der Waals surface area contributed by atoms with E-state index in [0.717, 1.165) is 16.7 Å². The Morgan fingerprint density at radius 3 is 1.75 bits per heavy atom. The first kappa shape index (κ1) is 48.9. The quantitative estimate of drug-likeness (QED) is 0.0264. The van der Waals surface area contributed by atoms with Gasteiger partial charge in [-0.3, -0.25) is 10.2 Å². The van der Waals surface area contributed by atoms with Gasteiger partial charge in [-0.05, 0) is 47.3 Å². The molecule has 16 nitrogen and oxygen atoms in total. The molecule has 61 heavy (non-hydrogen) atoms. The molecule has 2 aliphatic rings. The van der Waals surface area contributed by atoms with Gasteiger partial charge in [-0.25, -0.2) is 0 Å². The average Bonchev–Trinajstić information content (AvgIpc) is 3.21. The smallest absolute Gasteiger partial charge is 0.373 e. The molecule has 2 fully saturated rings. The van der Waals surface area contributed by atoms with Crippen LogP contribution < -0.4 is 0 Å². The summed E-state index contributed by atoms with van der Waals surface area (Å²) < 4.78 is 58.3. The van der Waals surface area contributed by atoms with Gasteiger partial charge in [0.15, 0.2) is 26.6 Å². The number of carbonyl (C=O) groups excluding carboxylic acids is 3. The van der Waals surface area contributed by atoms with E-state index in [4.69, 9.17) is 57.3 Å². The minimum Gasteiger partial charge on any atom is -0.453 e. The number of nitrogens with zero attached hydrogens (tertiary/aromatic N) is 3. The highest BCUT2D eigenvalue weighted by atomic mass is 28.4. The average molecular weight is 863 g/mol. The maximum absolute atomic E-state index is 12.6. The van der Waals surface area contributed by atoms with E-state index in [9.17, 15) is 10.3 Å². The number of carbonyl (C=O) groups is 1. The van der Waals surface area contributed by atoms with Gasteiger partial charge in [0.2, 0.25) is 6.29 Å². The van der Waals surface area contributed by atoms with Crippen LogP contribution in [0.4, 0.5) is 0 Å². The minimum atomic E-state index is -2.53. The fraction of sp³-hybridized carbons (Fsp3) is 0.523. The van der Waals surface area contributed by atoms with Crippen molar-refractivity contribution < 1.29 is 56.7 Å². The highest BCUT2D eigenvalue weighted by Crippen LogP contribution is 2.42. The predicted molar refractivity (Wildman–Crippen MR) is 224 cm³/mol. The predicted octanol–water partition coefficient (Wildman–Crippen LogP) is 7.66. The van der Waals surface area contributed by atoms with Gasteiger partial charge in [-0.15, -0.1) is 0 Å². The molecule has 2 saturated heterocycles. The van der Waals surface area contributed by atoms with E-state index in [0.29, 0.717) is 6.61 Å². The van der Waals surface area contributed by atoms with Gasteiger partial charge in [0.1, 0.15) is 30.5 Å². The van der Waals surface area contributed by atoms with Gasteiger partial charge < -0.3 is 42.3 Å². The van der Waals surface area contributed by atoms with Crippen LogP contribution in [0, 0.1) is 5.41 Å². The second-order valence-electron chi connectivity index (χ2n) is 16.2. The van der Waals surface area contributed by atoms with Crippen LogP contribution in [0.2, 0.25) is 18.1 Å². The molecule has 0 spiro atoms. The van der Waals surface area contributed by atoms with Crippen molar-refractivity contribution in [2.24, 2.45) is 5.11 Å². The van der Waals surface area contributed by atoms with Gasteiger partial charge in [0.25, 0.3) is 0 Å². The first-order valence-corrected chi connectivity index (χ1v) is 23.0. The lowest BCUT2D eigenvalue weighted by Crippen LogP contribution is -2.66. The summed E-state index contributed by atoms with van der Waals surface area (Å²) in [5.74, 6) is -0.748.